The second kappa shape index (κ2) is 8.57. The average molecular weight is 419 g/mol. The number of H-pyrrole nitrogens is 1. The molecule has 1 unspecified atom stereocenters. The maximum absolute atomic E-state index is 11.7. The molecule has 0 amide bonds. The SMILES string of the molecule is C[N+](C)(C)C.Nc1nc2c(ncn2[C@@H]2O[C@H](CO[P+](=O)[O-])[C@@H](O)[C@H]2O)c(=O)[nH]1. The van der Waals surface area contributed by atoms with E-state index in [1.54, 1.807) is 0 Å². The van der Waals surface area contributed by atoms with Crippen molar-refractivity contribution in [3.05, 3.63) is 16.7 Å². The van der Waals surface area contributed by atoms with Gasteiger partial charge in [0.05, 0.1) is 34.5 Å². The molecule has 2 aromatic heterocycles. The fourth-order valence-corrected chi connectivity index (χ4v) is 2.63. The van der Waals surface area contributed by atoms with Crippen molar-refractivity contribution in [2.24, 2.45) is 0 Å². The van der Waals surface area contributed by atoms with Crippen LogP contribution in [-0.4, -0.2) is 87.3 Å². The molecular weight excluding hydrogens is 395 g/mol. The summed E-state index contributed by atoms with van der Waals surface area (Å²) in [5.74, 6) is -0.152. The summed E-state index contributed by atoms with van der Waals surface area (Å²) in [6.45, 7) is -0.462. The molecule has 1 aliphatic rings. The lowest BCUT2D eigenvalue weighted by Gasteiger charge is -2.16. The van der Waals surface area contributed by atoms with Gasteiger partial charge in [0.2, 0.25) is 5.95 Å². The number of rotatable bonds is 4. The fourth-order valence-electron chi connectivity index (χ4n) is 2.36. The third-order valence-electron chi connectivity index (χ3n) is 3.41. The van der Waals surface area contributed by atoms with E-state index in [4.69, 9.17) is 10.5 Å². The van der Waals surface area contributed by atoms with Crippen molar-refractivity contribution in [1.82, 2.24) is 19.5 Å². The Labute approximate surface area is 160 Å². The highest BCUT2D eigenvalue weighted by Gasteiger charge is 2.45. The van der Waals surface area contributed by atoms with Gasteiger partial charge >= 0.3 is 8.25 Å². The highest BCUT2D eigenvalue weighted by atomic mass is 31.1. The molecule has 1 saturated heterocycles. The average Bonchev–Trinajstić information content (AvgIpc) is 3.07. The van der Waals surface area contributed by atoms with Crippen LogP contribution in [0.25, 0.3) is 11.2 Å². The number of quaternary nitrogens is 1. The van der Waals surface area contributed by atoms with Crippen molar-refractivity contribution in [2.75, 3.05) is 40.5 Å². The summed E-state index contributed by atoms with van der Waals surface area (Å²) < 4.78 is 22.5. The highest BCUT2D eigenvalue weighted by molar-refractivity contribution is 7.30. The van der Waals surface area contributed by atoms with E-state index >= 15 is 0 Å². The number of ether oxygens (including phenoxy) is 1. The Bertz CT molecular complexity index is 888. The first kappa shape index (κ1) is 22.3. The monoisotopic (exact) mass is 419 g/mol. The number of hydrogen-bond donors (Lipinski definition) is 4. The van der Waals surface area contributed by atoms with Crippen molar-refractivity contribution in [3.8, 4) is 0 Å². The van der Waals surface area contributed by atoms with E-state index in [9.17, 15) is 24.5 Å². The van der Waals surface area contributed by atoms with E-state index in [2.05, 4.69) is 47.7 Å². The van der Waals surface area contributed by atoms with Crippen molar-refractivity contribution < 1.29 is 33.4 Å². The topological polar surface area (TPSA) is 189 Å². The molecule has 3 heterocycles. The lowest BCUT2D eigenvalue weighted by Crippen LogP contribution is -2.33. The summed E-state index contributed by atoms with van der Waals surface area (Å²) in [5, 5.41) is 20.0. The van der Waals surface area contributed by atoms with Gasteiger partial charge in [-0.3, -0.25) is 14.3 Å². The van der Waals surface area contributed by atoms with Crippen LogP contribution in [0, 0.1) is 0 Å². The molecule has 156 valence electrons. The minimum absolute atomic E-state index is 0.0215. The molecule has 5 N–H and O–H groups in total. The van der Waals surface area contributed by atoms with Crippen molar-refractivity contribution >= 4 is 25.4 Å². The first-order valence-electron chi connectivity index (χ1n) is 8.18. The fraction of sp³-hybridized carbons (Fsp3) is 0.643. The van der Waals surface area contributed by atoms with E-state index in [-0.39, 0.29) is 17.1 Å². The van der Waals surface area contributed by atoms with Gasteiger partial charge in [-0.1, -0.05) is 0 Å². The molecule has 0 radical (unpaired) electrons. The van der Waals surface area contributed by atoms with Gasteiger partial charge in [0.15, 0.2) is 17.4 Å². The van der Waals surface area contributed by atoms with Gasteiger partial charge in [0.1, 0.15) is 24.9 Å². The van der Waals surface area contributed by atoms with Crippen LogP contribution in [0.3, 0.4) is 0 Å². The van der Waals surface area contributed by atoms with Gasteiger partial charge in [-0.25, -0.2) is 4.98 Å². The van der Waals surface area contributed by atoms with Crippen LogP contribution in [0.5, 0.6) is 0 Å². The standard InChI is InChI=1S/C10H12N5O7P.C4H12N/c11-10-13-7-4(8(18)14-10)12-2-15(7)9-6(17)5(16)3(22-9)1-21-23(19)20;1-5(2,3)4/h2-3,5-6,9,16-17H,1H2,(H3,11,13,14,18);1-4H3/q;+1/t3-,5-,6-,9-;/m1./s1. The molecule has 0 aromatic carbocycles. The molecular formula is C14H24N6O7P+. The number of nitrogens with zero attached hydrogens (tertiary/aromatic N) is 4. The highest BCUT2D eigenvalue weighted by Crippen LogP contribution is 2.32. The van der Waals surface area contributed by atoms with Gasteiger partial charge < -0.3 is 30.1 Å². The number of aromatic nitrogens is 4. The maximum atomic E-state index is 11.7. The van der Waals surface area contributed by atoms with Gasteiger partial charge in [0, 0.05) is 0 Å². The van der Waals surface area contributed by atoms with Crippen LogP contribution in [0.1, 0.15) is 6.23 Å². The summed E-state index contributed by atoms with van der Waals surface area (Å²) in [4.78, 5) is 32.2. The van der Waals surface area contributed by atoms with Crippen LogP contribution in [0.2, 0.25) is 0 Å². The van der Waals surface area contributed by atoms with Crippen LogP contribution in [0.15, 0.2) is 11.1 Å². The third kappa shape index (κ3) is 5.52. The number of nitrogens with two attached hydrogens (primary N) is 1. The minimum atomic E-state index is -3.11. The number of nitrogen functional groups attached to an aromatic ring is 1. The number of aromatic amines is 1. The van der Waals surface area contributed by atoms with Gasteiger partial charge in [-0.15, -0.1) is 4.52 Å². The van der Waals surface area contributed by atoms with Crippen LogP contribution < -0.4 is 16.2 Å². The molecule has 28 heavy (non-hydrogen) atoms. The Morgan fingerprint density at radius 1 is 1.39 bits per heavy atom. The predicted octanol–water partition coefficient (Wildman–Crippen LogP) is -2.32. The molecule has 2 aromatic rings. The quantitative estimate of drug-likeness (QED) is 0.309. The number of anilines is 1. The zero-order chi connectivity index (χ0) is 21.2. The van der Waals surface area contributed by atoms with Crippen LogP contribution in [0.4, 0.5) is 5.95 Å². The number of aliphatic hydroxyl groups is 2. The van der Waals surface area contributed by atoms with Crippen molar-refractivity contribution in [3.63, 3.8) is 0 Å². The number of hydrogen-bond acceptors (Lipinski definition) is 10. The van der Waals surface area contributed by atoms with Crippen molar-refractivity contribution in [1.29, 1.82) is 0 Å². The van der Waals surface area contributed by atoms with E-state index in [1.165, 1.54) is 10.9 Å². The van der Waals surface area contributed by atoms with E-state index < -0.39 is 45.0 Å². The summed E-state index contributed by atoms with van der Waals surface area (Å²) in [7, 11) is 5.39. The molecule has 5 atom stereocenters. The largest absolute Gasteiger partial charge is 0.566 e. The zero-order valence-electron chi connectivity index (χ0n) is 15.8. The first-order chi connectivity index (χ1) is 12.9. The first-order valence-corrected chi connectivity index (χ1v) is 9.28. The lowest BCUT2D eigenvalue weighted by molar-refractivity contribution is -0.849. The minimum Gasteiger partial charge on any atom is -0.566 e. The zero-order valence-corrected chi connectivity index (χ0v) is 16.7. The Balaban J connectivity index is 0.000000500. The van der Waals surface area contributed by atoms with Gasteiger partial charge in [-0.2, -0.15) is 4.98 Å². The number of fused-ring (bicyclic) bond motifs is 1. The molecule has 3 rings (SSSR count). The van der Waals surface area contributed by atoms with Gasteiger partial charge in [-0.05, 0) is 4.57 Å². The molecule has 1 aliphatic heterocycles. The summed E-state index contributed by atoms with van der Waals surface area (Å²) >= 11 is 0. The number of aliphatic hydroxyl groups excluding tert-OH is 2. The van der Waals surface area contributed by atoms with Crippen molar-refractivity contribution in [2.45, 2.75) is 24.5 Å². The molecule has 1 fully saturated rings. The predicted molar refractivity (Wildman–Crippen MR) is 96.0 cm³/mol. The summed E-state index contributed by atoms with van der Waals surface area (Å²) in [5.41, 5.74) is 4.94. The van der Waals surface area contributed by atoms with Crippen LogP contribution >= 0.6 is 8.25 Å². The smallest absolute Gasteiger partial charge is 0.488 e. The van der Waals surface area contributed by atoms with E-state index in [0.717, 1.165) is 4.48 Å². The molecule has 13 nitrogen and oxygen atoms in total. The normalized spacial score (nSPS) is 25.5. The van der Waals surface area contributed by atoms with E-state index in [0.29, 0.717) is 0 Å². The second-order valence-corrected chi connectivity index (χ2v) is 8.23. The Morgan fingerprint density at radius 3 is 2.57 bits per heavy atom. The van der Waals surface area contributed by atoms with E-state index in [1.807, 2.05) is 0 Å². The maximum Gasteiger partial charge on any atom is 0.488 e. The Kier molecular flexibility index (Phi) is 6.83. The lowest BCUT2D eigenvalue weighted by atomic mass is 10.1. The molecule has 14 heteroatoms. The Morgan fingerprint density at radius 2 is 2.00 bits per heavy atom. The molecule has 0 spiro atoms. The second-order valence-electron chi connectivity index (χ2n) is 7.52. The van der Waals surface area contributed by atoms with Crippen LogP contribution in [-0.2, 0) is 13.8 Å². The molecule has 0 saturated carbocycles. The number of nitrogens with one attached hydrogen (secondary N) is 1. The summed E-state index contributed by atoms with van der Waals surface area (Å²) in [6, 6.07) is 0. The van der Waals surface area contributed by atoms with Gasteiger partial charge in [0.25, 0.3) is 5.56 Å². The summed E-state index contributed by atoms with van der Waals surface area (Å²) in [6.07, 6.45) is -3.83. The Hall–Kier alpha value is -1.99. The molecule has 0 aliphatic carbocycles. The number of imidazole rings is 1. The third-order valence-corrected chi connectivity index (χ3v) is 3.77. The molecule has 0 bridgehead atoms.